The van der Waals surface area contributed by atoms with Gasteiger partial charge in [0.2, 0.25) is 5.91 Å². The van der Waals surface area contributed by atoms with E-state index >= 15 is 0 Å². The maximum Gasteiger partial charge on any atom is 0.222 e. The Morgan fingerprint density at radius 3 is 2.33 bits per heavy atom. The smallest absolute Gasteiger partial charge is 0.222 e. The van der Waals surface area contributed by atoms with Gasteiger partial charge in [0.1, 0.15) is 0 Å². The molecule has 18 heavy (non-hydrogen) atoms. The summed E-state index contributed by atoms with van der Waals surface area (Å²) in [4.78, 5) is 14.4. The first-order valence-corrected chi connectivity index (χ1v) is 7.50. The van der Waals surface area contributed by atoms with Crippen molar-refractivity contribution >= 4 is 23.1 Å². The van der Waals surface area contributed by atoms with Gasteiger partial charge in [-0.1, -0.05) is 51.7 Å². The van der Waals surface area contributed by atoms with E-state index in [9.17, 15) is 4.79 Å². The fraction of sp³-hybridized carbons (Fsp3) is 0.857. The summed E-state index contributed by atoms with van der Waals surface area (Å²) in [5.74, 6) is 0.334. The van der Waals surface area contributed by atoms with Gasteiger partial charge in [0.25, 0.3) is 0 Å². The molecule has 0 aromatic rings. The second-order valence-corrected chi connectivity index (χ2v) is 5.37. The lowest BCUT2D eigenvalue weighted by molar-refractivity contribution is -0.131. The summed E-state index contributed by atoms with van der Waals surface area (Å²) in [5.41, 5.74) is 5.59. The topological polar surface area (TPSA) is 46.3 Å². The number of carbonyl (C=O) groups is 1. The molecule has 0 aliphatic heterocycles. The van der Waals surface area contributed by atoms with Gasteiger partial charge in [-0.05, 0) is 13.3 Å². The van der Waals surface area contributed by atoms with Gasteiger partial charge < -0.3 is 10.6 Å². The van der Waals surface area contributed by atoms with Crippen LogP contribution in [0.3, 0.4) is 0 Å². The summed E-state index contributed by atoms with van der Waals surface area (Å²) in [6, 6.07) is 0. The summed E-state index contributed by atoms with van der Waals surface area (Å²) in [7, 11) is 0. The molecular weight excluding hydrogens is 244 g/mol. The van der Waals surface area contributed by atoms with Crippen molar-refractivity contribution in [2.24, 2.45) is 11.7 Å². The van der Waals surface area contributed by atoms with E-state index in [0.717, 1.165) is 19.4 Å². The predicted molar refractivity (Wildman–Crippen MR) is 81.6 cm³/mol. The Balaban J connectivity index is 3.92. The molecule has 0 rings (SSSR count). The Hall–Kier alpha value is -0.640. The number of unbranched alkanes of at least 4 members (excludes halogenated alkanes) is 4. The van der Waals surface area contributed by atoms with Gasteiger partial charge in [0, 0.05) is 25.4 Å². The average molecular weight is 272 g/mol. The van der Waals surface area contributed by atoms with Crippen LogP contribution in [0.2, 0.25) is 0 Å². The minimum Gasteiger partial charge on any atom is -0.393 e. The molecule has 0 heterocycles. The van der Waals surface area contributed by atoms with E-state index in [2.05, 4.69) is 6.92 Å². The van der Waals surface area contributed by atoms with Crippen LogP contribution in [0.5, 0.6) is 0 Å². The van der Waals surface area contributed by atoms with Crippen molar-refractivity contribution in [1.29, 1.82) is 0 Å². The van der Waals surface area contributed by atoms with Crippen molar-refractivity contribution in [3.05, 3.63) is 0 Å². The number of hydrogen-bond acceptors (Lipinski definition) is 2. The molecule has 0 fully saturated rings. The molecule has 1 atom stereocenters. The molecule has 0 bridgehead atoms. The molecular formula is C14H28N2OS. The van der Waals surface area contributed by atoms with Crippen molar-refractivity contribution in [3.63, 3.8) is 0 Å². The molecule has 0 aliphatic rings. The lowest BCUT2D eigenvalue weighted by atomic mass is 10.1. The summed E-state index contributed by atoms with van der Waals surface area (Å²) < 4.78 is 0. The van der Waals surface area contributed by atoms with Crippen molar-refractivity contribution in [1.82, 2.24) is 4.90 Å². The van der Waals surface area contributed by atoms with Crippen LogP contribution in [0.1, 0.15) is 59.3 Å². The molecule has 0 radical (unpaired) electrons. The predicted octanol–water partition coefficient (Wildman–Crippen LogP) is 3.12. The number of carbonyl (C=O) groups excluding carboxylic acids is 1. The standard InChI is InChI=1S/C14H28N2OS/c1-4-6-7-8-9-10-13(17)16(5-2)11-12(3)14(15)18/h12H,4-11H2,1-3H3,(H2,15,18). The quantitative estimate of drug-likeness (QED) is 0.491. The van der Waals surface area contributed by atoms with Gasteiger partial charge in [0.15, 0.2) is 0 Å². The van der Waals surface area contributed by atoms with E-state index in [1.165, 1.54) is 19.3 Å². The number of rotatable bonds is 10. The number of hydrogen-bond donors (Lipinski definition) is 1. The highest BCUT2D eigenvalue weighted by atomic mass is 32.1. The number of nitrogens with two attached hydrogens (primary N) is 1. The monoisotopic (exact) mass is 272 g/mol. The minimum absolute atomic E-state index is 0.101. The highest BCUT2D eigenvalue weighted by Gasteiger charge is 2.15. The van der Waals surface area contributed by atoms with E-state index in [0.29, 0.717) is 18.0 Å². The lowest BCUT2D eigenvalue weighted by Crippen LogP contribution is -2.38. The van der Waals surface area contributed by atoms with E-state index in [4.69, 9.17) is 18.0 Å². The average Bonchev–Trinajstić information content (AvgIpc) is 2.34. The van der Waals surface area contributed by atoms with Gasteiger partial charge in [-0.2, -0.15) is 0 Å². The second-order valence-electron chi connectivity index (χ2n) is 4.90. The third kappa shape index (κ3) is 7.64. The zero-order valence-electron chi connectivity index (χ0n) is 12.1. The van der Waals surface area contributed by atoms with Crippen LogP contribution in [-0.4, -0.2) is 28.9 Å². The van der Waals surface area contributed by atoms with Gasteiger partial charge in [-0.15, -0.1) is 0 Å². The van der Waals surface area contributed by atoms with Crippen molar-refractivity contribution in [2.75, 3.05) is 13.1 Å². The first-order chi connectivity index (χ1) is 8.52. The fourth-order valence-corrected chi connectivity index (χ4v) is 1.94. The highest BCUT2D eigenvalue weighted by molar-refractivity contribution is 7.80. The van der Waals surface area contributed by atoms with Gasteiger partial charge >= 0.3 is 0 Å². The van der Waals surface area contributed by atoms with Crippen molar-refractivity contribution in [3.8, 4) is 0 Å². The second kappa shape index (κ2) is 10.3. The number of nitrogens with zero attached hydrogens (tertiary/aromatic N) is 1. The van der Waals surface area contributed by atoms with Crippen LogP contribution in [0.25, 0.3) is 0 Å². The summed E-state index contributed by atoms with van der Waals surface area (Å²) >= 11 is 4.95. The fourth-order valence-electron chi connectivity index (χ4n) is 1.87. The Morgan fingerprint density at radius 2 is 1.83 bits per heavy atom. The molecule has 1 unspecified atom stereocenters. The normalized spacial score (nSPS) is 12.2. The first kappa shape index (κ1) is 17.4. The number of thiocarbonyl (C=S) groups is 1. The summed E-state index contributed by atoms with van der Waals surface area (Å²) in [6.07, 6.45) is 6.55. The van der Waals surface area contributed by atoms with Gasteiger partial charge in [-0.3, -0.25) is 4.79 Å². The largest absolute Gasteiger partial charge is 0.393 e. The molecule has 1 amide bonds. The van der Waals surface area contributed by atoms with E-state index in [1.54, 1.807) is 0 Å². The first-order valence-electron chi connectivity index (χ1n) is 7.10. The molecule has 106 valence electrons. The van der Waals surface area contributed by atoms with Crippen LogP contribution in [-0.2, 0) is 4.79 Å². The van der Waals surface area contributed by atoms with Crippen LogP contribution in [0.15, 0.2) is 0 Å². The molecule has 0 spiro atoms. The molecule has 3 nitrogen and oxygen atoms in total. The summed E-state index contributed by atoms with van der Waals surface area (Å²) in [6.45, 7) is 7.56. The van der Waals surface area contributed by atoms with E-state index in [1.807, 2.05) is 18.7 Å². The summed E-state index contributed by atoms with van der Waals surface area (Å²) in [5, 5.41) is 0. The maximum atomic E-state index is 12.0. The highest BCUT2D eigenvalue weighted by Crippen LogP contribution is 2.08. The molecule has 0 aliphatic carbocycles. The van der Waals surface area contributed by atoms with Crippen LogP contribution in [0.4, 0.5) is 0 Å². The third-order valence-electron chi connectivity index (χ3n) is 3.21. The molecule has 0 aromatic carbocycles. The molecule has 0 saturated carbocycles. The Labute approximate surface area is 117 Å². The zero-order valence-corrected chi connectivity index (χ0v) is 12.9. The Bertz CT molecular complexity index is 256. The number of amides is 1. The van der Waals surface area contributed by atoms with Crippen LogP contribution >= 0.6 is 12.2 Å². The zero-order chi connectivity index (χ0) is 14.0. The SMILES string of the molecule is CCCCCCCC(=O)N(CC)CC(C)C(N)=S. The molecule has 2 N–H and O–H groups in total. The van der Waals surface area contributed by atoms with Crippen molar-refractivity contribution < 1.29 is 4.79 Å². The molecule has 0 saturated heterocycles. The van der Waals surface area contributed by atoms with Gasteiger partial charge in [0.05, 0.1) is 4.99 Å². The minimum atomic E-state index is 0.101. The Morgan fingerprint density at radius 1 is 1.22 bits per heavy atom. The molecule has 4 heteroatoms. The van der Waals surface area contributed by atoms with E-state index in [-0.39, 0.29) is 11.8 Å². The van der Waals surface area contributed by atoms with Gasteiger partial charge in [-0.25, -0.2) is 0 Å². The maximum absolute atomic E-state index is 12.0. The van der Waals surface area contributed by atoms with Crippen molar-refractivity contribution in [2.45, 2.75) is 59.3 Å². The molecule has 0 aromatic heterocycles. The van der Waals surface area contributed by atoms with Crippen LogP contribution in [0, 0.1) is 5.92 Å². The third-order valence-corrected chi connectivity index (χ3v) is 3.61. The van der Waals surface area contributed by atoms with Crippen LogP contribution < -0.4 is 5.73 Å². The lowest BCUT2D eigenvalue weighted by Gasteiger charge is -2.24. The van der Waals surface area contributed by atoms with E-state index < -0.39 is 0 Å². The Kier molecular flexibility index (Phi) is 9.93.